The Bertz CT molecular complexity index is 452. The van der Waals surface area contributed by atoms with E-state index < -0.39 is 5.60 Å². The molecular formula is C17H27NO3. The van der Waals surface area contributed by atoms with Gasteiger partial charge in [0.25, 0.3) is 5.91 Å². The van der Waals surface area contributed by atoms with E-state index in [2.05, 4.69) is 26.1 Å². The van der Waals surface area contributed by atoms with Crippen LogP contribution in [0.1, 0.15) is 46.6 Å². The van der Waals surface area contributed by atoms with Crippen molar-refractivity contribution in [3.8, 4) is 5.75 Å². The number of aliphatic hydroxyl groups is 1. The SMILES string of the molecule is CC(C)(C)CCNC(=O)COc1ccc(C(C)(C)O)cc1. The van der Waals surface area contributed by atoms with Crippen molar-refractivity contribution in [2.24, 2.45) is 5.41 Å². The fraction of sp³-hybridized carbons (Fsp3) is 0.588. The zero-order chi connectivity index (χ0) is 16.1. The average Bonchev–Trinajstić information content (AvgIpc) is 2.34. The summed E-state index contributed by atoms with van der Waals surface area (Å²) in [7, 11) is 0. The number of benzene rings is 1. The monoisotopic (exact) mass is 293 g/mol. The molecular weight excluding hydrogens is 266 g/mol. The molecule has 0 unspecified atom stereocenters. The minimum Gasteiger partial charge on any atom is -0.484 e. The molecule has 0 heterocycles. The van der Waals surface area contributed by atoms with Gasteiger partial charge in [-0.1, -0.05) is 32.9 Å². The summed E-state index contributed by atoms with van der Waals surface area (Å²) in [6.07, 6.45) is 0.930. The average molecular weight is 293 g/mol. The summed E-state index contributed by atoms with van der Waals surface area (Å²) in [5.74, 6) is 0.500. The van der Waals surface area contributed by atoms with Gasteiger partial charge in [-0.3, -0.25) is 4.79 Å². The third kappa shape index (κ3) is 7.14. The van der Waals surface area contributed by atoms with E-state index in [1.807, 2.05) is 0 Å². The van der Waals surface area contributed by atoms with E-state index >= 15 is 0 Å². The lowest BCUT2D eigenvalue weighted by Gasteiger charge is -2.18. The Labute approximate surface area is 127 Å². The maximum absolute atomic E-state index is 11.7. The maximum Gasteiger partial charge on any atom is 0.257 e. The van der Waals surface area contributed by atoms with E-state index in [4.69, 9.17) is 4.74 Å². The first-order valence-corrected chi connectivity index (χ1v) is 7.30. The molecule has 0 saturated carbocycles. The summed E-state index contributed by atoms with van der Waals surface area (Å²) in [4.78, 5) is 11.7. The van der Waals surface area contributed by atoms with Gasteiger partial charge in [-0.25, -0.2) is 0 Å². The van der Waals surface area contributed by atoms with Gasteiger partial charge in [0.2, 0.25) is 0 Å². The number of carbonyl (C=O) groups excluding carboxylic acids is 1. The lowest BCUT2D eigenvalue weighted by molar-refractivity contribution is -0.123. The van der Waals surface area contributed by atoms with Crippen LogP contribution in [0.5, 0.6) is 5.75 Å². The molecule has 0 spiro atoms. The summed E-state index contributed by atoms with van der Waals surface area (Å²) in [5.41, 5.74) is 0.147. The summed E-state index contributed by atoms with van der Waals surface area (Å²) in [5, 5.41) is 12.7. The molecule has 1 rings (SSSR count). The summed E-state index contributed by atoms with van der Waals surface area (Å²) < 4.78 is 5.42. The topological polar surface area (TPSA) is 58.6 Å². The Morgan fingerprint density at radius 3 is 2.19 bits per heavy atom. The zero-order valence-corrected chi connectivity index (χ0v) is 13.7. The molecule has 0 fully saturated rings. The van der Waals surface area contributed by atoms with Crippen molar-refractivity contribution in [1.82, 2.24) is 5.32 Å². The molecule has 0 aliphatic heterocycles. The third-order valence-electron chi connectivity index (χ3n) is 3.13. The Balaban J connectivity index is 2.36. The number of rotatable bonds is 6. The van der Waals surface area contributed by atoms with Crippen LogP contribution in [0, 0.1) is 5.41 Å². The highest BCUT2D eigenvalue weighted by Crippen LogP contribution is 2.22. The van der Waals surface area contributed by atoms with Crippen LogP contribution < -0.4 is 10.1 Å². The van der Waals surface area contributed by atoms with Crippen LogP contribution in [0.2, 0.25) is 0 Å². The van der Waals surface area contributed by atoms with E-state index in [1.165, 1.54) is 0 Å². The lowest BCUT2D eigenvalue weighted by Crippen LogP contribution is -2.31. The van der Waals surface area contributed by atoms with Crippen molar-refractivity contribution in [1.29, 1.82) is 0 Å². The van der Waals surface area contributed by atoms with Gasteiger partial charge in [-0.15, -0.1) is 0 Å². The number of ether oxygens (including phenoxy) is 1. The minimum absolute atomic E-state index is 0.00596. The predicted molar refractivity (Wildman–Crippen MR) is 84.3 cm³/mol. The van der Waals surface area contributed by atoms with E-state index in [0.717, 1.165) is 12.0 Å². The smallest absolute Gasteiger partial charge is 0.257 e. The number of nitrogens with one attached hydrogen (secondary N) is 1. The Kier molecular flexibility index (Phi) is 5.78. The molecule has 0 saturated heterocycles. The van der Waals surface area contributed by atoms with Crippen LogP contribution in [-0.4, -0.2) is 24.2 Å². The van der Waals surface area contributed by atoms with Gasteiger partial charge in [0, 0.05) is 6.54 Å². The molecule has 118 valence electrons. The standard InChI is InChI=1S/C17H27NO3/c1-16(2,3)10-11-18-15(19)12-21-14-8-6-13(7-9-14)17(4,5)20/h6-9,20H,10-12H2,1-5H3,(H,18,19). The first kappa shape index (κ1) is 17.5. The second kappa shape index (κ2) is 6.94. The molecule has 4 nitrogen and oxygen atoms in total. The first-order valence-electron chi connectivity index (χ1n) is 7.30. The quantitative estimate of drug-likeness (QED) is 0.848. The summed E-state index contributed by atoms with van der Waals surface area (Å²) in [6.45, 7) is 10.5. The molecule has 0 bridgehead atoms. The fourth-order valence-corrected chi connectivity index (χ4v) is 1.74. The summed E-state index contributed by atoms with van der Waals surface area (Å²) in [6, 6.07) is 7.12. The van der Waals surface area contributed by atoms with Crippen molar-refractivity contribution >= 4 is 5.91 Å². The molecule has 1 aromatic rings. The van der Waals surface area contributed by atoms with E-state index in [-0.39, 0.29) is 17.9 Å². The van der Waals surface area contributed by atoms with Crippen molar-refractivity contribution in [3.63, 3.8) is 0 Å². The zero-order valence-electron chi connectivity index (χ0n) is 13.7. The molecule has 4 heteroatoms. The van der Waals surface area contributed by atoms with Crippen molar-refractivity contribution in [2.45, 2.75) is 46.6 Å². The molecule has 1 amide bonds. The van der Waals surface area contributed by atoms with Gasteiger partial charge in [0.05, 0.1) is 5.60 Å². The van der Waals surface area contributed by atoms with Crippen molar-refractivity contribution in [3.05, 3.63) is 29.8 Å². The second-order valence-electron chi connectivity index (χ2n) is 7.03. The highest BCUT2D eigenvalue weighted by atomic mass is 16.5. The third-order valence-corrected chi connectivity index (χ3v) is 3.13. The van der Waals surface area contributed by atoms with E-state index in [0.29, 0.717) is 12.3 Å². The molecule has 21 heavy (non-hydrogen) atoms. The second-order valence-corrected chi connectivity index (χ2v) is 7.03. The predicted octanol–water partition coefficient (Wildman–Crippen LogP) is 2.85. The van der Waals surface area contributed by atoms with E-state index in [9.17, 15) is 9.90 Å². The molecule has 0 radical (unpaired) electrons. The van der Waals surface area contributed by atoms with Gasteiger partial charge >= 0.3 is 0 Å². The first-order chi connectivity index (χ1) is 9.58. The lowest BCUT2D eigenvalue weighted by atomic mass is 9.92. The van der Waals surface area contributed by atoms with Crippen molar-refractivity contribution in [2.75, 3.05) is 13.2 Å². The Morgan fingerprint density at radius 2 is 1.71 bits per heavy atom. The van der Waals surface area contributed by atoms with Gasteiger partial charge in [0.15, 0.2) is 6.61 Å². The molecule has 0 aliphatic rings. The number of carbonyl (C=O) groups is 1. The fourth-order valence-electron chi connectivity index (χ4n) is 1.74. The molecule has 2 N–H and O–H groups in total. The highest BCUT2D eigenvalue weighted by Gasteiger charge is 2.15. The van der Waals surface area contributed by atoms with Crippen molar-refractivity contribution < 1.29 is 14.6 Å². The van der Waals surface area contributed by atoms with E-state index in [1.54, 1.807) is 38.1 Å². The molecule has 0 aliphatic carbocycles. The Hall–Kier alpha value is -1.55. The largest absolute Gasteiger partial charge is 0.484 e. The van der Waals surface area contributed by atoms with Crippen LogP contribution in [0.4, 0.5) is 0 Å². The highest BCUT2D eigenvalue weighted by molar-refractivity contribution is 5.77. The van der Waals surface area contributed by atoms with Crippen LogP contribution in [0.3, 0.4) is 0 Å². The number of hydrogen-bond donors (Lipinski definition) is 2. The van der Waals surface area contributed by atoms with Gasteiger partial charge in [0.1, 0.15) is 5.75 Å². The normalized spacial score (nSPS) is 12.1. The van der Waals surface area contributed by atoms with Crippen LogP contribution in [-0.2, 0) is 10.4 Å². The number of amides is 1. The van der Waals surface area contributed by atoms with Gasteiger partial charge in [-0.2, -0.15) is 0 Å². The number of hydrogen-bond acceptors (Lipinski definition) is 3. The van der Waals surface area contributed by atoms with Gasteiger partial charge in [-0.05, 0) is 43.4 Å². The maximum atomic E-state index is 11.7. The van der Waals surface area contributed by atoms with Gasteiger partial charge < -0.3 is 15.2 Å². The Morgan fingerprint density at radius 1 is 1.14 bits per heavy atom. The van der Waals surface area contributed by atoms with Crippen LogP contribution >= 0.6 is 0 Å². The molecule has 1 aromatic carbocycles. The van der Waals surface area contributed by atoms with Crippen LogP contribution in [0.15, 0.2) is 24.3 Å². The molecule has 0 atom stereocenters. The summed E-state index contributed by atoms with van der Waals surface area (Å²) >= 11 is 0. The molecule has 0 aromatic heterocycles. The van der Waals surface area contributed by atoms with Crippen LogP contribution in [0.25, 0.3) is 0 Å². The minimum atomic E-state index is -0.872.